The van der Waals surface area contributed by atoms with E-state index < -0.39 is 11.8 Å². The molecule has 0 bridgehead atoms. The van der Waals surface area contributed by atoms with Crippen molar-refractivity contribution >= 4 is 17.5 Å². The van der Waals surface area contributed by atoms with E-state index in [-0.39, 0.29) is 18.5 Å². The van der Waals surface area contributed by atoms with Gasteiger partial charge in [0.25, 0.3) is 0 Å². The summed E-state index contributed by atoms with van der Waals surface area (Å²) >= 11 is 0. The normalized spacial score (nSPS) is 15.7. The number of carbonyl (C=O) groups is 2. The monoisotopic (exact) mass is 374 g/mol. The molecular weight excluding hydrogens is 352 g/mol. The number of rotatable bonds is 6. The predicted molar refractivity (Wildman–Crippen MR) is 96.3 cm³/mol. The summed E-state index contributed by atoms with van der Waals surface area (Å²) in [6.45, 7) is 2.92. The Kier molecular flexibility index (Phi) is 6.39. The number of nitrogens with zero attached hydrogens (tertiary/aromatic N) is 2. The van der Waals surface area contributed by atoms with Gasteiger partial charge in [0, 0.05) is 25.8 Å². The van der Waals surface area contributed by atoms with Crippen molar-refractivity contribution in [2.45, 2.75) is 6.04 Å². The van der Waals surface area contributed by atoms with Gasteiger partial charge in [-0.2, -0.15) is 0 Å². The molecule has 0 saturated carbocycles. The minimum Gasteiger partial charge on any atom is -0.480 e. The van der Waals surface area contributed by atoms with Crippen LogP contribution >= 0.6 is 0 Å². The van der Waals surface area contributed by atoms with E-state index >= 15 is 0 Å². The van der Waals surface area contributed by atoms with E-state index in [2.05, 4.69) is 20.5 Å². The topological polar surface area (TPSA) is 106 Å². The highest BCUT2D eigenvalue weighted by atomic mass is 16.5. The second kappa shape index (κ2) is 9.15. The third kappa shape index (κ3) is 4.83. The van der Waals surface area contributed by atoms with Crippen LogP contribution in [0.25, 0.3) is 0 Å². The molecule has 0 radical (unpaired) electrons. The van der Waals surface area contributed by atoms with Crippen molar-refractivity contribution in [1.82, 2.24) is 15.2 Å². The average Bonchev–Trinajstić information content (AvgIpc) is 3.23. The highest BCUT2D eigenvalue weighted by Gasteiger charge is 2.26. The van der Waals surface area contributed by atoms with Gasteiger partial charge in [0.05, 0.1) is 32.6 Å². The molecule has 0 aromatic carbocycles. The Morgan fingerprint density at radius 3 is 2.78 bits per heavy atom. The Bertz CT molecular complexity index is 759. The van der Waals surface area contributed by atoms with Crippen LogP contribution in [0.2, 0.25) is 0 Å². The number of carbonyl (C=O) groups excluding carboxylic acids is 2. The van der Waals surface area contributed by atoms with Crippen molar-refractivity contribution < 1.29 is 23.5 Å². The first-order valence-corrected chi connectivity index (χ1v) is 8.62. The third-order valence-electron chi connectivity index (χ3n) is 4.23. The molecule has 1 fully saturated rings. The van der Waals surface area contributed by atoms with E-state index in [1.165, 1.54) is 13.3 Å². The number of morpholine rings is 1. The summed E-state index contributed by atoms with van der Waals surface area (Å²) < 4.78 is 16.0. The second-order valence-corrected chi connectivity index (χ2v) is 5.90. The van der Waals surface area contributed by atoms with Gasteiger partial charge in [-0.3, -0.25) is 14.5 Å². The highest BCUT2D eigenvalue weighted by molar-refractivity contribution is 6.39. The quantitative estimate of drug-likeness (QED) is 0.721. The third-order valence-corrected chi connectivity index (χ3v) is 4.23. The molecule has 2 amide bonds. The Labute approximate surface area is 156 Å². The molecule has 1 aliphatic heterocycles. The number of amides is 2. The first kappa shape index (κ1) is 18.9. The largest absolute Gasteiger partial charge is 0.480 e. The predicted octanol–water partition coefficient (Wildman–Crippen LogP) is 0.811. The van der Waals surface area contributed by atoms with E-state index in [0.29, 0.717) is 18.9 Å². The van der Waals surface area contributed by atoms with Crippen molar-refractivity contribution in [1.29, 1.82) is 0 Å². The number of aromatic nitrogens is 1. The number of furan rings is 1. The zero-order chi connectivity index (χ0) is 19.1. The standard InChI is InChI=1S/C18H22N4O5/c1-25-18-13(4-2-6-19-18)21-17(24)16(23)20-12-14(15-5-3-9-27-15)22-7-10-26-11-8-22/h2-6,9,14H,7-8,10-12H2,1H3,(H,20,23)(H,21,24)/t14-/m0/s1. The lowest BCUT2D eigenvalue weighted by molar-refractivity contribution is -0.136. The van der Waals surface area contributed by atoms with Gasteiger partial charge in [-0.25, -0.2) is 4.98 Å². The molecule has 2 N–H and O–H groups in total. The molecule has 27 heavy (non-hydrogen) atoms. The summed E-state index contributed by atoms with van der Waals surface area (Å²) in [5, 5.41) is 5.17. The molecule has 2 aromatic rings. The van der Waals surface area contributed by atoms with Gasteiger partial charge in [0.2, 0.25) is 5.88 Å². The number of ether oxygens (including phenoxy) is 2. The lowest BCUT2D eigenvalue weighted by atomic mass is 10.1. The van der Waals surface area contributed by atoms with Crippen LogP contribution < -0.4 is 15.4 Å². The maximum atomic E-state index is 12.2. The Morgan fingerprint density at radius 2 is 2.07 bits per heavy atom. The Hall–Kier alpha value is -2.91. The molecule has 1 aliphatic rings. The van der Waals surface area contributed by atoms with Crippen LogP contribution in [-0.4, -0.2) is 61.7 Å². The zero-order valence-electron chi connectivity index (χ0n) is 15.0. The maximum Gasteiger partial charge on any atom is 0.313 e. The van der Waals surface area contributed by atoms with Gasteiger partial charge in [-0.05, 0) is 24.3 Å². The van der Waals surface area contributed by atoms with Crippen LogP contribution in [0.1, 0.15) is 11.8 Å². The van der Waals surface area contributed by atoms with Crippen LogP contribution in [0.15, 0.2) is 41.1 Å². The van der Waals surface area contributed by atoms with E-state index in [0.717, 1.165) is 18.8 Å². The maximum absolute atomic E-state index is 12.2. The molecular formula is C18H22N4O5. The van der Waals surface area contributed by atoms with Gasteiger partial charge >= 0.3 is 11.8 Å². The van der Waals surface area contributed by atoms with Crippen molar-refractivity contribution in [2.24, 2.45) is 0 Å². The minimum absolute atomic E-state index is 0.173. The van der Waals surface area contributed by atoms with Gasteiger partial charge < -0.3 is 24.5 Å². The molecule has 9 heteroatoms. The van der Waals surface area contributed by atoms with Crippen molar-refractivity contribution in [3.8, 4) is 5.88 Å². The average molecular weight is 374 g/mol. The van der Waals surface area contributed by atoms with Gasteiger partial charge in [-0.1, -0.05) is 0 Å². The van der Waals surface area contributed by atoms with Crippen LogP contribution in [0.3, 0.4) is 0 Å². The van der Waals surface area contributed by atoms with Crippen LogP contribution in [0.4, 0.5) is 5.69 Å². The molecule has 2 aromatic heterocycles. The first-order chi connectivity index (χ1) is 13.2. The summed E-state index contributed by atoms with van der Waals surface area (Å²) in [7, 11) is 1.44. The number of methoxy groups -OCH3 is 1. The number of pyridine rings is 1. The number of hydrogen-bond acceptors (Lipinski definition) is 7. The summed E-state index contributed by atoms with van der Waals surface area (Å²) in [5.74, 6) is -0.570. The summed E-state index contributed by atoms with van der Waals surface area (Å²) in [5.41, 5.74) is 0.330. The fourth-order valence-electron chi connectivity index (χ4n) is 2.88. The Balaban J connectivity index is 1.60. The van der Waals surface area contributed by atoms with E-state index in [1.807, 2.05) is 6.07 Å². The van der Waals surface area contributed by atoms with E-state index in [9.17, 15) is 9.59 Å². The van der Waals surface area contributed by atoms with E-state index in [1.54, 1.807) is 24.5 Å². The summed E-state index contributed by atoms with van der Waals surface area (Å²) in [6, 6.07) is 6.73. The molecule has 9 nitrogen and oxygen atoms in total. The van der Waals surface area contributed by atoms with Crippen molar-refractivity contribution in [3.05, 3.63) is 42.5 Å². The van der Waals surface area contributed by atoms with Gasteiger partial charge in [0.1, 0.15) is 11.4 Å². The molecule has 1 atom stereocenters. The van der Waals surface area contributed by atoms with Crippen LogP contribution in [-0.2, 0) is 14.3 Å². The number of nitrogens with one attached hydrogen (secondary N) is 2. The number of hydrogen-bond donors (Lipinski definition) is 2. The molecule has 0 spiro atoms. The first-order valence-electron chi connectivity index (χ1n) is 8.62. The number of anilines is 1. The van der Waals surface area contributed by atoms with Crippen molar-refractivity contribution in [3.63, 3.8) is 0 Å². The molecule has 0 unspecified atom stereocenters. The van der Waals surface area contributed by atoms with E-state index in [4.69, 9.17) is 13.9 Å². The lowest BCUT2D eigenvalue weighted by Crippen LogP contribution is -2.45. The van der Waals surface area contributed by atoms with Crippen LogP contribution in [0, 0.1) is 0 Å². The molecule has 144 valence electrons. The molecule has 3 heterocycles. The summed E-state index contributed by atoms with van der Waals surface area (Å²) in [4.78, 5) is 30.6. The summed E-state index contributed by atoms with van der Waals surface area (Å²) in [6.07, 6.45) is 3.12. The fraction of sp³-hybridized carbons (Fsp3) is 0.389. The smallest absolute Gasteiger partial charge is 0.313 e. The second-order valence-electron chi connectivity index (χ2n) is 5.90. The zero-order valence-corrected chi connectivity index (χ0v) is 15.0. The molecule has 3 rings (SSSR count). The molecule has 0 aliphatic carbocycles. The van der Waals surface area contributed by atoms with Crippen molar-refractivity contribution in [2.75, 3.05) is 45.3 Å². The highest BCUT2D eigenvalue weighted by Crippen LogP contribution is 2.22. The lowest BCUT2D eigenvalue weighted by Gasteiger charge is -2.33. The van der Waals surface area contributed by atoms with Gasteiger partial charge in [0.15, 0.2) is 0 Å². The molecule has 1 saturated heterocycles. The fourth-order valence-corrected chi connectivity index (χ4v) is 2.88. The van der Waals surface area contributed by atoms with Gasteiger partial charge in [-0.15, -0.1) is 0 Å². The minimum atomic E-state index is -0.790. The SMILES string of the molecule is COc1ncccc1NC(=O)C(=O)NC[C@@H](c1ccco1)N1CCOCC1. The Morgan fingerprint density at radius 1 is 1.26 bits per heavy atom. The van der Waals surface area contributed by atoms with Crippen LogP contribution in [0.5, 0.6) is 5.88 Å².